The molecule has 0 spiro atoms. The minimum absolute atomic E-state index is 0.0527. The first-order valence-corrected chi connectivity index (χ1v) is 9.66. The summed E-state index contributed by atoms with van der Waals surface area (Å²) in [6.07, 6.45) is -4.70. The molecule has 0 aliphatic heterocycles. The van der Waals surface area contributed by atoms with Gasteiger partial charge in [0.25, 0.3) is 5.89 Å². The molecular weight excluding hydrogens is 407 g/mol. The van der Waals surface area contributed by atoms with Gasteiger partial charge in [-0.2, -0.15) is 13.2 Å². The highest BCUT2D eigenvalue weighted by Gasteiger charge is 2.38. The van der Waals surface area contributed by atoms with Crippen molar-refractivity contribution in [2.75, 3.05) is 7.11 Å². The van der Waals surface area contributed by atoms with E-state index in [0.29, 0.717) is 17.9 Å². The van der Waals surface area contributed by atoms with Gasteiger partial charge in [0, 0.05) is 12.6 Å². The number of benzene rings is 3. The second kappa shape index (κ2) is 8.39. The predicted molar refractivity (Wildman–Crippen MR) is 110 cm³/mol. The van der Waals surface area contributed by atoms with Gasteiger partial charge in [0.05, 0.1) is 12.7 Å². The van der Waals surface area contributed by atoms with Gasteiger partial charge in [-0.15, -0.1) is 10.2 Å². The fourth-order valence-corrected chi connectivity index (χ4v) is 3.49. The lowest BCUT2D eigenvalue weighted by molar-refractivity contribution is -0.156. The normalized spacial score (nSPS) is 12.8. The van der Waals surface area contributed by atoms with Crippen molar-refractivity contribution < 1.29 is 22.3 Å². The molecule has 0 radical (unpaired) electrons. The van der Waals surface area contributed by atoms with Crippen molar-refractivity contribution in [1.82, 2.24) is 15.5 Å². The number of hydrogen-bond donors (Lipinski definition) is 1. The van der Waals surface area contributed by atoms with Gasteiger partial charge < -0.3 is 14.5 Å². The number of nitrogens with one attached hydrogen (secondary N) is 1. The molecule has 0 amide bonds. The van der Waals surface area contributed by atoms with Gasteiger partial charge in [-0.1, -0.05) is 48.5 Å². The summed E-state index contributed by atoms with van der Waals surface area (Å²) in [5.74, 6) is -1.28. The van der Waals surface area contributed by atoms with E-state index in [1.54, 1.807) is 12.1 Å². The fraction of sp³-hybridized carbons (Fsp3) is 0.217. The molecule has 0 fully saturated rings. The zero-order valence-corrected chi connectivity index (χ0v) is 16.9. The maximum absolute atomic E-state index is 12.8. The molecule has 31 heavy (non-hydrogen) atoms. The molecule has 1 heterocycles. The Morgan fingerprint density at radius 3 is 2.55 bits per heavy atom. The first-order chi connectivity index (χ1) is 14.9. The molecule has 160 valence electrons. The summed E-state index contributed by atoms with van der Waals surface area (Å²) in [7, 11) is 1.43. The predicted octanol–water partition coefficient (Wildman–Crippen LogP) is 5.77. The van der Waals surface area contributed by atoms with Crippen LogP contribution in [0.15, 0.2) is 65.1 Å². The first kappa shape index (κ1) is 20.9. The van der Waals surface area contributed by atoms with E-state index in [4.69, 9.17) is 9.15 Å². The molecule has 1 aromatic heterocycles. The Bertz CT molecular complexity index is 1200. The number of hydrogen-bond acceptors (Lipinski definition) is 5. The Kier molecular flexibility index (Phi) is 5.65. The zero-order chi connectivity index (χ0) is 22.0. The van der Waals surface area contributed by atoms with Gasteiger partial charge in [-0.05, 0) is 41.0 Å². The fourth-order valence-electron chi connectivity index (χ4n) is 3.49. The van der Waals surface area contributed by atoms with E-state index in [2.05, 4.69) is 46.7 Å². The van der Waals surface area contributed by atoms with E-state index in [0.717, 1.165) is 10.9 Å². The van der Waals surface area contributed by atoms with Crippen LogP contribution < -0.4 is 10.1 Å². The summed E-state index contributed by atoms with van der Waals surface area (Å²) in [6.45, 7) is 2.56. The number of halogens is 3. The summed E-state index contributed by atoms with van der Waals surface area (Å²) in [5, 5.41) is 12.4. The molecule has 1 N–H and O–H groups in total. The van der Waals surface area contributed by atoms with E-state index in [9.17, 15) is 13.2 Å². The maximum atomic E-state index is 12.8. The molecule has 0 bridgehead atoms. The Hall–Kier alpha value is -3.39. The van der Waals surface area contributed by atoms with Crippen LogP contribution in [0.3, 0.4) is 0 Å². The third-order valence-corrected chi connectivity index (χ3v) is 5.06. The van der Waals surface area contributed by atoms with Crippen LogP contribution in [-0.4, -0.2) is 17.3 Å². The van der Waals surface area contributed by atoms with Gasteiger partial charge in [0.1, 0.15) is 5.75 Å². The van der Waals surface area contributed by atoms with E-state index >= 15 is 0 Å². The highest BCUT2D eigenvalue weighted by Crippen LogP contribution is 2.34. The average Bonchev–Trinajstić information content (AvgIpc) is 3.28. The summed E-state index contributed by atoms with van der Waals surface area (Å²) in [6, 6.07) is 19.6. The van der Waals surface area contributed by atoms with Crippen molar-refractivity contribution in [3.63, 3.8) is 0 Å². The third-order valence-electron chi connectivity index (χ3n) is 5.06. The highest BCUT2D eigenvalue weighted by molar-refractivity contribution is 5.86. The van der Waals surface area contributed by atoms with Gasteiger partial charge in [0.2, 0.25) is 0 Å². The first-order valence-electron chi connectivity index (χ1n) is 9.66. The summed E-state index contributed by atoms with van der Waals surface area (Å²) in [5.41, 5.74) is 2.32. The number of methoxy groups -OCH3 is 1. The van der Waals surface area contributed by atoms with Crippen LogP contribution in [0.2, 0.25) is 0 Å². The van der Waals surface area contributed by atoms with Gasteiger partial charge in [0.15, 0.2) is 0 Å². The van der Waals surface area contributed by atoms with Crippen LogP contribution in [0, 0.1) is 0 Å². The van der Waals surface area contributed by atoms with Crippen LogP contribution >= 0.6 is 0 Å². The van der Waals surface area contributed by atoms with Crippen molar-refractivity contribution in [3.8, 4) is 17.2 Å². The molecule has 0 aliphatic rings. The van der Waals surface area contributed by atoms with Crippen LogP contribution in [0.5, 0.6) is 5.75 Å². The molecule has 1 atom stereocenters. The number of nitrogens with zero attached hydrogens (tertiary/aromatic N) is 2. The molecular formula is C23H20F3N3O2. The molecule has 8 heteroatoms. The maximum Gasteiger partial charge on any atom is 0.470 e. The Labute approximate surface area is 176 Å². The van der Waals surface area contributed by atoms with E-state index in [-0.39, 0.29) is 11.9 Å². The van der Waals surface area contributed by atoms with Crippen molar-refractivity contribution >= 4 is 10.8 Å². The van der Waals surface area contributed by atoms with E-state index < -0.39 is 12.1 Å². The minimum atomic E-state index is -4.70. The van der Waals surface area contributed by atoms with Gasteiger partial charge in [-0.25, -0.2) is 0 Å². The smallest absolute Gasteiger partial charge is 0.470 e. The molecule has 4 rings (SSSR count). The SMILES string of the molecule is COc1ccc(CNC(C)c2cccc3ccccc23)cc1-c1nnc(C(F)(F)F)o1. The van der Waals surface area contributed by atoms with E-state index in [1.165, 1.54) is 18.1 Å². The molecule has 0 saturated carbocycles. The zero-order valence-electron chi connectivity index (χ0n) is 16.9. The number of alkyl halides is 3. The molecule has 3 aromatic carbocycles. The van der Waals surface area contributed by atoms with Crippen LogP contribution in [0.25, 0.3) is 22.2 Å². The molecule has 0 saturated heterocycles. The van der Waals surface area contributed by atoms with Crippen LogP contribution in [0.4, 0.5) is 13.2 Å². The molecule has 1 unspecified atom stereocenters. The quantitative estimate of drug-likeness (QED) is 0.423. The topological polar surface area (TPSA) is 60.2 Å². The third kappa shape index (κ3) is 4.39. The van der Waals surface area contributed by atoms with Crippen LogP contribution in [0.1, 0.15) is 30.0 Å². The van der Waals surface area contributed by atoms with Crippen molar-refractivity contribution in [1.29, 1.82) is 0 Å². The van der Waals surface area contributed by atoms with Gasteiger partial charge in [-0.3, -0.25) is 0 Å². The van der Waals surface area contributed by atoms with Crippen molar-refractivity contribution in [3.05, 3.63) is 77.7 Å². The summed E-state index contributed by atoms with van der Waals surface area (Å²) in [4.78, 5) is 0. The van der Waals surface area contributed by atoms with Crippen molar-refractivity contribution in [2.24, 2.45) is 0 Å². The number of fused-ring (bicyclic) bond motifs is 1. The average molecular weight is 427 g/mol. The summed E-state index contributed by atoms with van der Waals surface area (Å²) < 4.78 is 48.6. The Morgan fingerprint density at radius 2 is 1.81 bits per heavy atom. The van der Waals surface area contributed by atoms with Gasteiger partial charge >= 0.3 is 12.1 Å². The number of rotatable bonds is 6. The largest absolute Gasteiger partial charge is 0.496 e. The molecule has 5 nitrogen and oxygen atoms in total. The standard InChI is InChI=1S/C23H20F3N3O2/c1-14(17-9-5-7-16-6-3-4-8-18(16)17)27-13-15-10-11-20(30-2)19(12-15)21-28-29-22(31-21)23(24,25)26/h3-12,14,27H,13H2,1-2H3. The number of ether oxygens (including phenoxy) is 1. The second-order valence-electron chi connectivity index (χ2n) is 7.12. The monoisotopic (exact) mass is 427 g/mol. The Morgan fingerprint density at radius 1 is 1.03 bits per heavy atom. The van der Waals surface area contributed by atoms with Crippen LogP contribution in [-0.2, 0) is 12.7 Å². The molecule has 0 aliphatic carbocycles. The minimum Gasteiger partial charge on any atom is -0.496 e. The molecule has 4 aromatic rings. The Balaban J connectivity index is 1.57. The second-order valence-corrected chi connectivity index (χ2v) is 7.12. The van der Waals surface area contributed by atoms with E-state index in [1.807, 2.05) is 24.3 Å². The lowest BCUT2D eigenvalue weighted by Crippen LogP contribution is -2.18. The lowest BCUT2D eigenvalue weighted by atomic mass is 9.99. The summed E-state index contributed by atoms with van der Waals surface area (Å²) >= 11 is 0. The number of aromatic nitrogens is 2. The van der Waals surface area contributed by atoms with Crippen molar-refractivity contribution in [2.45, 2.75) is 25.7 Å². The lowest BCUT2D eigenvalue weighted by Gasteiger charge is -2.17. The highest BCUT2D eigenvalue weighted by atomic mass is 19.4.